The highest BCUT2D eigenvalue weighted by molar-refractivity contribution is 5.71. The number of carbonyl (C=O) groups excluding carboxylic acids is 3. The minimum atomic E-state index is -0.760. The van der Waals surface area contributed by atoms with Gasteiger partial charge in [0.15, 0.2) is 6.10 Å². The van der Waals surface area contributed by atoms with E-state index >= 15 is 0 Å². The Morgan fingerprint density at radius 3 is 0.580 bits per heavy atom. The number of hydrogen-bond donors (Lipinski definition) is 0. The molecule has 0 bridgehead atoms. The van der Waals surface area contributed by atoms with Crippen LogP contribution in [0.1, 0.15) is 367 Å². The van der Waals surface area contributed by atoms with Gasteiger partial charge in [-0.2, -0.15) is 0 Å². The van der Waals surface area contributed by atoms with Crippen molar-refractivity contribution in [1.29, 1.82) is 0 Å². The monoisotopic (exact) mass is 975 g/mol. The van der Waals surface area contributed by atoms with Gasteiger partial charge in [0.2, 0.25) is 0 Å². The Morgan fingerprint density at radius 1 is 0.232 bits per heavy atom. The van der Waals surface area contributed by atoms with Crippen LogP contribution in [0.15, 0.2) is 0 Å². The molecule has 0 saturated carbocycles. The van der Waals surface area contributed by atoms with Crippen LogP contribution < -0.4 is 0 Å². The summed E-state index contributed by atoms with van der Waals surface area (Å²) in [5.41, 5.74) is 0. The molecule has 69 heavy (non-hydrogen) atoms. The van der Waals surface area contributed by atoms with Crippen LogP contribution in [0.2, 0.25) is 0 Å². The highest BCUT2D eigenvalue weighted by Crippen LogP contribution is 2.19. The van der Waals surface area contributed by atoms with Crippen molar-refractivity contribution >= 4 is 17.9 Å². The third kappa shape index (κ3) is 57.2. The van der Waals surface area contributed by atoms with Gasteiger partial charge < -0.3 is 14.2 Å². The van der Waals surface area contributed by atoms with Gasteiger partial charge in [0.25, 0.3) is 0 Å². The Hall–Kier alpha value is -1.59. The van der Waals surface area contributed by atoms with Crippen molar-refractivity contribution in [2.24, 2.45) is 0 Å². The maximum absolute atomic E-state index is 12.8. The summed E-state index contributed by atoms with van der Waals surface area (Å²) in [5, 5.41) is 0. The lowest BCUT2D eigenvalue weighted by atomic mass is 10.0. The van der Waals surface area contributed by atoms with E-state index in [-0.39, 0.29) is 31.1 Å². The summed E-state index contributed by atoms with van der Waals surface area (Å²) >= 11 is 0. The zero-order valence-corrected chi connectivity index (χ0v) is 47.1. The summed E-state index contributed by atoms with van der Waals surface area (Å²) in [4.78, 5) is 38.0. The molecule has 0 aromatic rings. The van der Waals surface area contributed by atoms with Crippen LogP contribution in [0.25, 0.3) is 0 Å². The molecule has 1 atom stereocenters. The van der Waals surface area contributed by atoms with E-state index in [0.29, 0.717) is 19.3 Å². The van der Waals surface area contributed by atoms with Crippen molar-refractivity contribution in [3.8, 4) is 0 Å². The largest absolute Gasteiger partial charge is 0.462 e. The average Bonchev–Trinajstić information content (AvgIpc) is 3.35. The van der Waals surface area contributed by atoms with Crippen molar-refractivity contribution in [1.82, 2.24) is 0 Å². The van der Waals surface area contributed by atoms with E-state index in [4.69, 9.17) is 14.2 Å². The maximum Gasteiger partial charge on any atom is 0.306 e. The number of hydrogen-bond acceptors (Lipinski definition) is 6. The van der Waals surface area contributed by atoms with Gasteiger partial charge in [0.05, 0.1) is 0 Å². The van der Waals surface area contributed by atoms with Crippen molar-refractivity contribution in [3.63, 3.8) is 0 Å². The van der Waals surface area contributed by atoms with E-state index in [1.165, 1.54) is 270 Å². The molecule has 0 aliphatic rings. The van der Waals surface area contributed by atoms with Gasteiger partial charge in [-0.3, -0.25) is 14.4 Å². The van der Waals surface area contributed by atoms with Crippen molar-refractivity contribution < 1.29 is 28.6 Å². The predicted octanol–water partition coefficient (Wildman–Crippen LogP) is 21.1. The van der Waals surface area contributed by atoms with Gasteiger partial charge in [-0.15, -0.1) is 0 Å². The lowest BCUT2D eigenvalue weighted by Gasteiger charge is -2.18. The van der Waals surface area contributed by atoms with Crippen molar-refractivity contribution in [2.75, 3.05) is 13.2 Å². The van der Waals surface area contributed by atoms with E-state index in [1.54, 1.807) is 0 Å². The van der Waals surface area contributed by atoms with Gasteiger partial charge in [-0.1, -0.05) is 329 Å². The third-order valence-corrected chi connectivity index (χ3v) is 14.6. The predicted molar refractivity (Wildman–Crippen MR) is 298 cm³/mol. The Kier molecular flexibility index (Phi) is 57.6. The van der Waals surface area contributed by atoms with Crippen LogP contribution in [0.3, 0.4) is 0 Å². The topological polar surface area (TPSA) is 78.9 Å². The Labute approximate surface area is 431 Å². The van der Waals surface area contributed by atoms with Crippen molar-refractivity contribution in [3.05, 3.63) is 0 Å². The fourth-order valence-corrected chi connectivity index (χ4v) is 9.86. The van der Waals surface area contributed by atoms with Crippen LogP contribution in [-0.2, 0) is 28.6 Å². The summed E-state index contributed by atoms with van der Waals surface area (Å²) in [6.45, 7) is 6.66. The molecule has 0 aliphatic heterocycles. The molecule has 410 valence electrons. The lowest BCUT2D eigenvalue weighted by molar-refractivity contribution is -0.167. The standard InChI is InChI=1S/C63H122O6/c1-4-7-10-13-16-18-20-22-24-26-28-30-31-32-33-34-36-37-39-41-43-45-47-50-53-56-62(65)68-59-60(58-67-61(64)55-52-49-15-12-9-6-3)69-63(66)57-54-51-48-46-44-42-40-38-35-29-27-25-23-21-19-17-14-11-8-5-2/h60H,4-59H2,1-3H3. The van der Waals surface area contributed by atoms with Crippen LogP contribution in [0.4, 0.5) is 0 Å². The second-order valence-electron chi connectivity index (χ2n) is 21.7. The van der Waals surface area contributed by atoms with Gasteiger partial charge in [-0.05, 0) is 19.3 Å². The normalized spacial score (nSPS) is 11.9. The minimum Gasteiger partial charge on any atom is -0.462 e. The quantitative estimate of drug-likeness (QED) is 0.0343. The Morgan fingerprint density at radius 2 is 0.391 bits per heavy atom. The summed E-state index contributed by atoms with van der Waals surface area (Å²) in [5.74, 6) is -0.842. The number of esters is 3. The van der Waals surface area contributed by atoms with Gasteiger partial charge in [-0.25, -0.2) is 0 Å². The van der Waals surface area contributed by atoms with Gasteiger partial charge in [0, 0.05) is 19.3 Å². The molecule has 0 aromatic heterocycles. The molecule has 6 heteroatoms. The zero-order valence-electron chi connectivity index (χ0n) is 47.1. The molecule has 0 rings (SSSR count). The number of carbonyl (C=O) groups is 3. The summed E-state index contributed by atoms with van der Waals surface area (Å²) < 4.78 is 16.8. The second-order valence-corrected chi connectivity index (χ2v) is 21.7. The smallest absolute Gasteiger partial charge is 0.306 e. The Bertz CT molecular complexity index is 1030. The molecular formula is C63H122O6. The highest BCUT2D eigenvalue weighted by Gasteiger charge is 2.19. The Balaban J connectivity index is 4.00. The van der Waals surface area contributed by atoms with Crippen LogP contribution in [0.5, 0.6) is 0 Å². The molecule has 0 amide bonds. The molecule has 0 radical (unpaired) electrons. The van der Waals surface area contributed by atoms with Gasteiger partial charge in [0.1, 0.15) is 13.2 Å². The summed E-state index contributed by atoms with van der Waals surface area (Å²) in [7, 11) is 0. The SMILES string of the molecule is CCCCCCCCCCCCCCCCCCCCCCCCCCCC(=O)OCC(COC(=O)CCCCCCCC)OC(=O)CCCCCCCCCCCCCCCCCCCCCC. The number of unbranched alkanes of at least 4 members (excludes halogenated alkanes) is 48. The summed E-state index contributed by atoms with van der Waals surface area (Å²) in [6, 6.07) is 0. The molecular weight excluding hydrogens is 853 g/mol. The average molecular weight is 976 g/mol. The molecule has 0 fully saturated rings. The number of rotatable bonds is 59. The molecule has 0 aromatic carbocycles. The van der Waals surface area contributed by atoms with E-state index < -0.39 is 6.10 Å². The highest BCUT2D eigenvalue weighted by atomic mass is 16.6. The third-order valence-electron chi connectivity index (χ3n) is 14.6. The molecule has 6 nitrogen and oxygen atoms in total. The lowest BCUT2D eigenvalue weighted by Crippen LogP contribution is -2.30. The van der Waals surface area contributed by atoms with Crippen LogP contribution in [-0.4, -0.2) is 37.2 Å². The molecule has 0 aliphatic carbocycles. The first-order valence-electron chi connectivity index (χ1n) is 31.5. The van der Waals surface area contributed by atoms with E-state index in [9.17, 15) is 14.4 Å². The fourth-order valence-electron chi connectivity index (χ4n) is 9.86. The van der Waals surface area contributed by atoms with E-state index in [1.807, 2.05) is 0 Å². The first-order valence-corrected chi connectivity index (χ1v) is 31.5. The minimum absolute atomic E-state index is 0.0619. The first-order chi connectivity index (χ1) is 34.0. The molecule has 0 N–H and O–H groups in total. The molecule has 0 spiro atoms. The second kappa shape index (κ2) is 59.0. The van der Waals surface area contributed by atoms with E-state index in [0.717, 1.165) is 57.8 Å². The van der Waals surface area contributed by atoms with Crippen LogP contribution >= 0.6 is 0 Å². The molecule has 1 unspecified atom stereocenters. The van der Waals surface area contributed by atoms with Crippen LogP contribution in [0, 0.1) is 0 Å². The fraction of sp³-hybridized carbons (Fsp3) is 0.952. The van der Waals surface area contributed by atoms with E-state index in [2.05, 4.69) is 20.8 Å². The number of ether oxygens (including phenoxy) is 3. The van der Waals surface area contributed by atoms with Gasteiger partial charge >= 0.3 is 17.9 Å². The maximum atomic E-state index is 12.8. The zero-order chi connectivity index (χ0) is 50.0. The summed E-state index contributed by atoms with van der Waals surface area (Å²) in [6.07, 6.45) is 67.2. The van der Waals surface area contributed by atoms with Crippen molar-refractivity contribution in [2.45, 2.75) is 374 Å². The first kappa shape index (κ1) is 67.4. The molecule has 0 saturated heterocycles. The molecule has 0 heterocycles.